The van der Waals surface area contributed by atoms with E-state index in [4.69, 9.17) is 6.57 Å². The molecule has 0 bridgehead atoms. The van der Waals surface area contributed by atoms with E-state index in [0.29, 0.717) is 48.1 Å². The smallest absolute Gasteiger partial charge is 0.266 e. The highest BCUT2D eigenvalue weighted by molar-refractivity contribution is 5.57. The van der Waals surface area contributed by atoms with Crippen molar-refractivity contribution in [3.05, 3.63) is 56.2 Å². The number of unbranched alkanes of at least 4 members (excludes halogenated alkanes) is 4. The highest BCUT2D eigenvalue weighted by atomic mass is 15.2. The maximum absolute atomic E-state index is 10.0. The normalized spacial score (nSPS) is 19.0. The van der Waals surface area contributed by atoms with Crippen LogP contribution in [0, 0.1) is 63.2 Å². The molecule has 2 atom stereocenters. The number of hydrogen-bond donors (Lipinski definition) is 1. The lowest BCUT2D eigenvalue weighted by molar-refractivity contribution is 0.209. The Morgan fingerprint density at radius 3 is 1.75 bits per heavy atom. The van der Waals surface area contributed by atoms with E-state index in [0.717, 1.165) is 82.4 Å². The van der Waals surface area contributed by atoms with Crippen LogP contribution in [-0.4, -0.2) is 107 Å². The molecule has 0 spiro atoms. The monoisotopic (exact) mass is 649 g/mol. The maximum Gasteiger partial charge on any atom is 0.266 e. The van der Waals surface area contributed by atoms with Crippen LogP contribution in [0.15, 0.2) is 44.8 Å². The first-order valence-electron chi connectivity index (χ1n) is 16.8. The van der Waals surface area contributed by atoms with Gasteiger partial charge in [-0.1, -0.05) is 24.8 Å². The molecule has 0 aromatic carbocycles. The Hall–Kier alpha value is -4.46. The quantitative estimate of drug-likeness (QED) is 0.131. The van der Waals surface area contributed by atoms with Gasteiger partial charge >= 0.3 is 0 Å². The third-order valence-electron chi connectivity index (χ3n) is 9.35. The zero-order valence-corrected chi connectivity index (χ0v) is 29.7. The summed E-state index contributed by atoms with van der Waals surface area (Å²) in [6, 6.07) is 10.9. The molecule has 0 amide bonds. The summed E-state index contributed by atoms with van der Waals surface area (Å²) in [5.74, 6) is 0. The van der Waals surface area contributed by atoms with Crippen molar-refractivity contribution in [1.82, 2.24) is 24.9 Å². The van der Waals surface area contributed by atoms with Gasteiger partial charge in [0.15, 0.2) is 0 Å². The van der Waals surface area contributed by atoms with Crippen LogP contribution in [0.5, 0.6) is 0 Å². The van der Waals surface area contributed by atoms with Crippen LogP contribution in [0.3, 0.4) is 0 Å². The van der Waals surface area contributed by atoms with Gasteiger partial charge in [-0.3, -0.25) is 0 Å². The van der Waals surface area contributed by atoms with E-state index >= 15 is 0 Å². The lowest BCUT2D eigenvalue weighted by Gasteiger charge is -2.35. The van der Waals surface area contributed by atoms with Crippen molar-refractivity contribution >= 4 is 0 Å². The molecular formula is C37H51N11. The van der Waals surface area contributed by atoms with Crippen molar-refractivity contribution in [2.24, 2.45) is 0 Å². The van der Waals surface area contributed by atoms with E-state index in [9.17, 15) is 26.3 Å². The summed E-state index contributed by atoms with van der Waals surface area (Å²) in [7, 11) is 12.3. The van der Waals surface area contributed by atoms with Crippen LogP contribution in [0.4, 0.5) is 0 Å². The topological polar surface area (TPSA) is 148 Å². The molecular weight excluding hydrogens is 598 g/mol. The molecule has 2 unspecified atom stereocenters. The van der Waals surface area contributed by atoms with Crippen LogP contribution >= 0.6 is 0 Å². The van der Waals surface area contributed by atoms with Gasteiger partial charge in [-0.15, -0.1) is 0 Å². The second-order valence-corrected chi connectivity index (χ2v) is 13.3. The minimum Gasteiger partial charge on any atom is -0.387 e. The van der Waals surface area contributed by atoms with Crippen molar-refractivity contribution in [1.29, 1.82) is 26.3 Å². The van der Waals surface area contributed by atoms with E-state index in [2.05, 4.69) is 56.0 Å². The van der Waals surface area contributed by atoms with E-state index in [-0.39, 0.29) is 23.4 Å². The molecule has 0 saturated carbocycles. The Kier molecular flexibility index (Phi) is 17.1. The standard InChI is InChI=1S/C37H51N11/c1-43-37(27-42)33-21-31(48(7)18-16-46(4)5)22-36(35(33)26-41)44-14-12-10-8-9-11-13-28-19-30(47(6)17-15-45(2)3)20-32(34(28)25-40)29(23-38)24-39/h30-31,44H,8-22H2,2-7H3/b37-33+. The lowest BCUT2D eigenvalue weighted by atomic mass is 9.80. The largest absolute Gasteiger partial charge is 0.387 e. The zero-order valence-electron chi connectivity index (χ0n) is 29.7. The fourth-order valence-corrected chi connectivity index (χ4v) is 6.31. The second kappa shape index (κ2) is 20.7. The highest BCUT2D eigenvalue weighted by Crippen LogP contribution is 2.36. The third-order valence-corrected chi connectivity index (χ3v) is 9.35. The van der Waals surface area contributed by atoms with Crippen molar-refractivity contribution in [3.63, 3.8) is 0 Å². The number of nitrogens with zero attached hydrogens (tertiary/aromatic N) is 10. The summed E-state index contributed by atoms with van der Waals surface area (Å²) in [4.78, 5) is 12.2. The Balaban J connectivity index is 2.01. The fourth-order valence-electron chi connectivity index (χ4n) is 6.31. The molecule has 0 saturated heterocycles. The molecule has 11 heteroatoms. The first-order valence-corrected chi connectivity index (χ1v) is 16.8. The number of nitrogens with one attached hydrogen (secondary N) is 1. The number of likely N-dealkylation sites (N-methyl/N-ethyl adjacent to an activating group) is 4. The molecule has 1 N–H and O–H groups in total. The molecule has 2 aliphatic carbocycles. The van der Waals surface area contributed by atoms with Crippen LogP contribution in [0.25, 0.3) is 4.85 Å². The summed E-state index contributed by atoms with van der Waals surface area (Å²) in [5, 5.41) is 52.3. The average Bonchev–Trinajstić information content (AvgIpc) is 3.07. The van der Waals surface area contributed by atoms with Crippen molar-refractivity contribution in [2.45, 2.75) is 76.3 Å². The SMILES string of the molecule is [C-]#[N+]/C(C#N)=C1\CC(N(C)CCN(C)C)CC(NCCCCCCCC2=C(C#N)C(=C(C#N)C#N)CC(N(C)CCN(C)C)C2)=C1C#N. The number of allylic oxidation sites excluding steroid dienone is 4. The Morgan fingerprint density at radius 1 is 0.688 bits per heavy atom. The van der Waals surface area contributed by atoms with Crippen LogP contribution in [0.2, 0.25) is 0 Å². The van der Waals surface area contributed by atoms with Gasteiger partial charge < -0.3 is 24.9 Å². The van der Waals surface area contributed by atoms with Gasteiger partial charge in [0, 0.05) is 56.9 Å². The predicted molar refractivity (Wildman–Crippen MR) is 187 cm³/mol. The van der Waals surface area contributed by atoms with Gasteiger partial charge in [-0.05, 0) is 92.0 Å². The van der Waals surface area contributed by atoms with E-state index in [1.54, 1.807) is 0 Å². The summed E-state index contributed by atoms with van der Waals surface area (Å²) < 4.78 is 0. The predicted octanol–water partition coefficient (Wildman–Crippen LogP) is 4.87. The molecule has 0 aromatic heterocycles. The molecule has 2 aliphatic rings. The van der Waals surface area contributed by atoms with Crippen LogP contribution in [-0.2, 0) is 0 Å². The van der Waals surface area contributed by atoms with Crippen LogP contribution in [0.1, 0.15) is 64.2 Å². The Bertz CT molecular complexity index is 1360. The van der Waals surface area contributed by atoms with E-state index in [1.807, 2.05) is 46.4 Å². The van der Waals surface area contributed by atoms with E-state index < -0.39 is 0 Å². The number of nitriles is 5. The molecule has 0 radical (unpaired) electrons. The second-order valence-electron chi connectivity index (χ2n) is 13.3. The third kappa shape index (κ3) is 11.7. The van der Waals surface area contributed by atoms with Crippen molar-refractivity contribution in [3.8, 4) is 30.3 Å². The molecule has 254 valence electrons. The molecule has 0 aliphatic heterocycles. The fraction of sp³-hybridized carbons (Fsp3) is 0.622. The minimum absolute atomic E-state index is 0.00481. The van der Waals surface area contributed by atoms with Crippen LogP contribution < -0.4 is 5.32 Å². The average molecular weight is 650 g/mol. The summed E-state index contributed by atoms with van der Waals surface area (Å²) in [6.07, 6.45) is 8.11. The summed E-state index contributed by atoms with van der Waals surface area (Å²) in [6.45, 7) is 11.7. The molecule has 11 nitrogen and oxygen atoms in total. The first-order chi connectivity index (χ1) is 23.0. The Morgan fingerprint density at radius 2 is 1.23 bits per heavy atom. The van der Waals surface area contributed by atoms with E-state index in [1.165, 1.54) is 0 Å². The summed E-state index contributed by atoms with van der Waals surface area (Å²) in [5.41, 5.74) is 3.99. The minimum atomic E-state index is -0.00481. The number of hydrogen-bond acceptors (Lipinski definition) is 10. The molecule has 0 fully saturated rings. The molecule has 0 aromatic rings. The van der Waals surface area contributed by atoms with Gasteiger partial charge in [0.05, 0.1) is 35.9 Å². The Labute approximate surface area is 288 Å². The van der Waals surface area contributed by atoms with Gasteiger partial charge in [0.25, 0.3) is 5.70 Å². The van der Waals surface area contributed by atoms with Gasteiger partial charge in [0.1, 0.15) is 17.7 Å². The lowest BCUT2D eigenvalue weighted by Crippen LogP contribution is -2.40. The van der Waals surface area contributed by atoms with Crippen molar-refractivity contribution < 1.29 is 0 Å². The first kappa shape index (κ1) is 39.7. The number of rotatable bonds is 17. The van der Waals surface area contributed by atoms with Crippen molar-refractivity contribution in [2.75, 3.05) is 75.0 Å². The van der Waals surface area contributed by atoms with Gasteiger partial charge in [0.2, 0.25) is 0 Å². The highest BCUT2D eigenvalue weighted by Gasteiger charge is 2.31. The van der Waals surface area contributed by atoms with Gasteiger partial charge in [-0.2, -0.15) is 21.0 Å². The maximum atomic E-state index is 10.0. The van der Waals surface area contributed by atoms with Gasteiger partial charge in [-0.25, -0.2) is 10.1 Å². The zero-order chi connectivity index (χ0) is 35.6. The molecule has 2 rings (SSSR count). The molecule has 0 heterocycles. The molecule has 48 heavy (non-hydrogen) atoms. The summed E-state index contributed by atoms with van der Waals surface area (Å²) >= 11 is 0.